The molecule has 1 N–H and O–H groups in total. The van der Waals surface area contributed by atoms with Gasteiger partial charge in [-0.05, 0) is 34.7 Å². The quantitative estimate of drug-likeness (QED) is 0.794. The van der Waals surface area contributed by atoms with Gasteiger partial charge in [-0.1, -0.05) is 0 Å². The third-order valence-electron chi connectivity index (χ3n) is 4.20. The number of nitrogens with zero attached hydrogens (tertiary/aromatic N) is 1. The molecule has 3 fully saturated rings. The van der Waals surface area contributed by atoms with Crippen LogP contribution in [0.2, 0.25) is 0 Å². The summed E-state index contributed by atoms with van der Waals surface area (Å²) in [5.41, 5.74) is -1.03. The first kappa shape index (κ1) is 15.2. The summed E-state index contributed by atoms with van der Waals surface area (Å²) < 4.78 is 29.0. The maximum Gasteiger partial charge on any atom is 0.190 e. The van der Waals surface area contributed by atoms with E-state index in [1.807, 2.05) is 13.8 Å². The van der Waals surface area contributed by atoms with Crippen LogP contribution >= 0.6 is 0 Å². The van der Waals surface area contributed by atoms with E-state index < -0.39 is 35.6 Å². The molecule has 3 heterocycles. The van der Waals surface area contributed by atoms with Gasteiger partial charge in [0.2, 0.25) is 0 Å². The topological polar surface area (TPSA) is 82.0 Å². The Morgan fingerprint density at radius 3 is 2.29 bits per heavy atom. The van der Waals surface area contributed by atoms with E-state index in [9.17, 15) is 5.26 Å². The summed E-state index contributed by atoms with van der Waals surface area (Å²) in [6.45, 7) is 7.66. The zero-order chi connectivity index (χ0) is 15.5. The Hall–Kier alpha value is -0.750. The predicted molar refractivity (Wildman–Crippen MR) is 71.0 cm³/mol. The van der Waals surface area contributed by atoms with Crippen LogP contribution in [0.4, 0.5) is 0 Å². The highest BCUT2D eigenvalue weighted by molar-refractivity contribution is 5.24. The molecule has 0 radical (unpaired) electrons. The van der Waals surface area contributed by atoms with Gasteiger partial charge >= 0.3 is 0 Å². The third-order valence-corrected chi connectivity index (χ3v) is 4.20. The van der Waals surface area contributed by atoms with E-state index in [-0.39, 0.29) is 6.10 Å². The predicted octanol–water partition coefficient (Wildman–Crippen LogP) is 0.496. The molecule has 118 valence electrons. The van der Waals surface area contributed by atoms with Gasteiger partial charge in [-0.3, -0.25) is 5.32 Å². The van der Waals surface area contributed by atoms with Gasteiger partial charge in [-0.15, -0.1) is 0 Å². The van der Waals surface area contributed by atoms with Crippen molar-refractivity contribution in [2.24, 2.45) is 0 Å². The third kappa shape index (κ3) is 2.27. The van der Waals surface area contributed by atoms with Crippen molar-refractivity contribution in [2.75, 3.05) is 13.7 Å². The number of hydrogen-bond acceptors (Lipinski definition) is 7. The van der Waals surface area contributed by atoms with Crippen molar-refractivity contribution >= 4 is 0 Å². The van der Waals surface area contributed by atoms with E-state index in [2.05, 4.69) is 11.4 Å². The molecule has 0 aromatic carbocycles. The molecule has 3 rings (SSSR count). The van der Waals surface area contributed by atoms with Gasteiger partial charge in [-0.25, -0.2) is 0 Å². The van der Waals surface area contributed by atoms with Gasteiger partial charge in [0.25, 0.3) is 0 Å². The molecule has 21 heavy (non-hydrogen) atoms. The number of ether oxygens (including phenoxy) is 5. The van der Waals surface area contributed by atoms with Crippen LogP contribution in [0.5, 0.6) is 0 Å². The average Bonchev–Trinajstić information content (AvgIpc) is 2.98. The molecule has 7 nitrogen and oxygen atoms in total. The molecule has 0 saturated carbocycles. The lowest BCUT2D eigenvalue weighted by molar-refractivity contribution is -0.227. The molecule has 0 unspecified atom stereocenters. The van der Waals surface area contributed by atoms with Crippen molar-refractivity contribution in [2.45, 2.75) is 69.4 Å². The van der Waals surface area contributed by atoms with Gasteiger partial charge in [-0.2, -0.15) is 5.26 Å². The highest BCUT2D eigenvalue weighted by Crippen LogP contribution is 2.45. The fourth-order valence-corrected chi connectivity index (χ4v) is 3.26. The Morgan fingerprint density at radius 2 is 1.76 bits per heavy atom. The number of hydrogen-bond donors (Lipinski definition) is 1. The van der Waals surface area contributed by atoms with Crippen LogP contribution in [0, 0.1) is 11.3 Å². The molecule has 3 aliphatic heterocycles. The molecule has 3 aliphatic rings. The van der Waals surface area contributed by atoms with E-state index >= 15 is 0 Å². The normalized spacial score (nSPS) is 47.2. The lowest BCUT2D eigenvalue weighted by Gasteiger charge is -2.34. The van der Waals surface area contributed by atoms with Crippen LogP contribution in [-0.2, 0) is 23.7 Å². The molecule has 0 aromatic rings. The van der Waals surface area contributed by atoms with Gasteiger partial charge in [0.05, 0.1) is 12.7 Å². The highest BCUT2D eigenvalue weighted by atomic mass is 16.8. The first-order chi connectivity index (χ1) is 9.73. The minimum Gasteiger partial charge on any atom is -0.348 e. The molecule has 0 aromatic heterocycles. The Balaban J connectivity index is 1.88. The van der Waals surface area contributed by atoms with Crippen LogP contribution in [0.25, 0.3) is 0 Å². The van der Waals surface area contributed by atoms with Crippen LogP contribution in [0.1, 0.15) is 27.7 Å². The summed E-state index contributed by atoms with van der Waals surface area (Å²) in [6, 6.07) is 2.31. The van der Waals surface area contributed by atoms with Gasteiger partial charge in [0.15, 0.2) is 23.4 Å². The SMILES string of the molecule is CN[C@]1(C#N)[C@@H]([C@H]2COC(C)(C)O2)O[C@@H]2OC(C)(C)O[C@@H]21. The van der Waals surface area contributed by atoms with Crippen molar-refractivity contribution in [1.29, 1.82) is 5.26 Å². The number of fused-ring (bicyclic) bond motifs is 1. The lowest BCUT2D eigenvalue weighted by atomic mass is 9.87. The molecule has 7 heteroatoms. The number of rotatable bonds is 2. The van der Waals surface area contributed by atoms with Crippen LogP contribution in [-0.4, -0.2) is 55.4 Å². The summed E-state index contributed by atoms with van der Waals surface area (Å²) >= 11 is 0. The lowest BCUT2D eigenvalue weighted by Crippen LogP contribution is -2.61. The summed E-state index contributed by atoms with van der Waals surface area (Å²) in [5, 5.41) is 12.8. The average molecular weight is 298 g/mol. The molecule has 5 atom stereocenters. The fraction of sp³-hybridized carbons (Fsp3) is 0.929. The Kier molecular flexibility index (Phi) is 3.34. The van der Waals surface area contributed by atoms with Crippen LogP contribution < -0.4 is 5.32 Å². The second-order valence-electron chi connectivity index (χ2n) is 6.58. The minimum atomic E-state index is -1.03. The van der Waals surface area contributed by atoms with E-state index in [1.54, 1.807) is 20.9 Å². The zero-order valence-corrected chi connectivity index (χ0v) is 13.0. The zero-order valence-electron chi connectivity index (χ0n) is 13.0. The Morgan fingerprint density at radius 1 is 1.05 bits per heavy atom. The highest BCUT2D eigenvalue weighted by Gasteiger charge is 2.66. The minimum absolute atomic E-state index is 0.354. The molecule has 0 spiro atoms. The molecular formula is C14H22N2O5. The molecular weight excluding hydrogens is 276 g/mol. The molecule has 3 saturated heterocycles. The standard InChI is InChI=1S/C14H22N2O5/c1-12(2)17-6-8(19-12)9-14(7-15,16-5)10-11(18-9)21-13(3,4)20-10/h8-11,16H,6H2,1-5H3/t8-,9-,10+,11-,14-/m1/s1. The molecule has 0 bridgehead atoms. The van der Waals surface area contributed by atoms with Gasteiger partial charge < -0.3 is 23.7 Å². The second kappa shape index (κ2) is 4.62. The fourth-order valence-electron chi connectivity index (χ4n) is 3.26. The summed E-state index contributed by atoms with van der Waals surface area (Å²) in [5.74, 6) is -1.45. The van der Waals surface area contributed by atoms with Crippen molar-refractivity contribution in [3.8, 4) is 6.07 Å². The molecule has 0 amide bonds. The summed E-state index contributed by atoms with van der Waals surface area (Å²) in [7, 11) is 1.72. The van der Waals surface area contributed by atoms with E-state index in [0.717, 1.165) is 0 Å². The maximum atomic E-state index is 9.77. The van der Waals surface area contributed by atoms with Crippen molar-refractivity contribution in [3.63, 3.8) is 0 Å². The number of nitriles is 1. The Bertz CT molecular complexity index is 474. The smallest absolute Gasteiger partial charge is 0.190 e. The van der Waals surface area contributed by atoms with E-state index in [0.29, 0.717) is 6.61 Å². The monoisotopic (exact) mass is 298 g/mol. The van der Waals surface area contributed by atoms with E-state index in [4.69, 9.17) is 23.7 Å². The van der Waals surface area contributed by atoms with Crippen LogP contribution in [0.15, 0.2) is 0 Å². The Labute approximate surface area is 124 Å². The summed E-state index contributed by atoms with van der Waals surface area (Å²) in [4.78, 5) is 0. The largest absolute Gasteiger partial charge is 0.348 e. The van der Waals surface area contributed by atoms with Crippen LogP contribution in [0.3, 0.4) is 0 Å². The van der Waals surface area contributed by atoms with Crippen molar-refractivity contribution < 1.29 is 23.7 Å². The number of nitrogens with one attached hydrogen (secondary N) is 1. The second-order valence-corrected chi connectivity index (χ2v) is 6.58. The molecule has 0 aliphatic carbocycles. The maximum absolute atomic E-state index is 9.77. The number of likely N-dealkylation sites (N-methyl/N-ethyl adjacent to an activating group) is 1. The van der Waals surface area contributed by atoms with Crippen molar-refractivity contribution in [3.05, 3.63) is 0 Å². The van der Waals surface area contributed by atoms with Crippen molar-refractivity contribution in [1.82, 2.24) is 5.32 Å². The van der Waals surface area contributed by atoms with E-state index in [1.165, 1.54) is 0 Å². The first-order valence-electron chi connectivity index (χ1n) is 7.16. The van der Waals surface area contributed by atoms with Gasteiger partial charge in [0.1, 0.15) is 18.3 Å². The summed E-state index contributed by atoms with van der Waals surface area (Å²) in [6.07, 6.45) is -1.99. The first-order valence-corrected chi connectivity index (χ1v) is 7.16. The van der Waals surface area contributed by atoms with Gasteiger partial charge in [0, 0.05) is 0 Å².